The lowest BCUT2D eigenvalue weighted by molar-refractivity contribution is -0.144. The highest BCUT2D eigenvalue weighted by molar-refractivity contribution is 5.80. The van der Waals surface area contributed by atoms with E-state index in [0.29, 0.717) is 32.5 Å². The molecule has 6 nitrogen and oxygen atoms in total. The molecule has 1 spiro atoms. The van der Waals surface area contributed by atoms with Gasteiger partial charge in [-0.15, -0.1) is 0 Å². The van der Waals surface area contributed by atoms with E-state index in [9.17, 15) is 14.7 Å². The van der Waals surface area contributed by atoms with Crippen molar-refractivity contribution in [2.24, 2.45) is 5.92 Å². The molecule has 0 bridgehead atoms. The third-order valence-corrected chi connectivity index (χ3v) is 7.88. The molecule has 2 saturated heterocycles. The van der Waals surface area contributed by atoms with Gasteiger partial charge < -0.3 is 14.7 Å². The molecule has 2 amide bonds. The Bertz CT molecular complexity index is 994. The molecule has 2 aromatic rings. The molecule has 1 saturated carbocycles. The molecule has 2 aliphatic heterocycles. The van der Waals surface area contributed by atoms with Crippen molar-refractivity contribution >= 4 is 12.0 Å². The number of amides is 2. The maximum absolute atomic E-state index is 13.3. The Balaban J connectivity index is 1.46. The lowest BCUT2D eigenvalue weighted by atomic mass is 9.70. The van der Waals surface area contributed by atoms with Gasteiger partial charge in [0.05, 0.1) is 6.54 Å². The minimum atomic E-state index is -0.696. The predicted molar refractivity (Wildman–Crippen MR) is 120 cm³/mol. The Morgan fingerprint density at radius 1 is 1.06 bits per heavy atom. The highest BCUT2D eigenvalue weighted by Crippen LogP contribution is 2.52. The van der Waals surface area contributed by atoms with E-state index in [-0.39, 0.29) is 23.7 Å². The second-order valence-electron chi connectivity index (χ2n) is 9.51. The zero-order chi connectivity index (χ0) is 22.3. The Hall–Kier alpha value is -3.02. The molecule has 1 aliphatic carbocycles. The van der Waals surface area contributed by atoms with Gasteiger partial charge in [-0.05, 0) is 43.0 Å². The summed E-state index contributed by atoms with van der Waals surface area (Å²) in [5.41, 5.74) is 0.591. The van der Waals surface area contributed by atoms with Crippen LogP contribution >= 0.6 is 0 Å². The topological polar surface area (TPSA) is 70.1 Å². The Kier molecular flexibility index (Phi) is 5.11. The van der Waals surface area contributed by atoms with Crippen LogP contribution in [0.3, 0.4) is 0 Å². The fraction of sp³-hybridized carbons (Fsp3) is 0.462. The second-order valence-corrected chi connectivity index (χ2v) is 9.51. The minimum absolute atomic E-state index is 0.182. The number of phenolic OH excluding ortho intramolecular Hbond substituents is 1. The van der Waals surface area contributed by atoms with Gasteiger partial charge in [-0.1, -0.05) is 48.9 Å². The number of aromatic hydroxyl groups is 1. The summed E-state index contributed by atoms with van der Waals surface area (Å²) in [6, 6.07) is 17.0. The van der Waals surface area contributed by atoms with Crippen molar-refractivity contribution < 1.29 is 19.4 Å². The normalized spacial score (nSPS) is 25.0. The molecule has 1 N–H and O–H groups in total. The van der Waals surface area contributed by atoms with Crippen molar-refractivity contribution in [1.29, 1.82) is 0 Å². The molecule has 6 heteroatoms. The van der Waals surface area contributed by atoms with Crippen molar-refractivity contribution in [1.82, 2.24) is 9.80 Å². The molecule has 3 aliphatic rings. The van der Waals surface area contributed by atoms with Crippen LogP contribution < -0.4 is 0 Å². The molecule has 5 rings (SSSR count). The predicted octanol–water partition coefficient (Wildman–Crippen LogP) is 4.42. The standard InChI is InChI=1S/C26H30N2O4/c1-25(21-8-3-2-4-9-21)26(14-16-27(17-15-26)23(30)20-6-5-7-20)32-24(31)28(25)18-19-10-12-22(29)13-11-19/h2-4,8-13,20,29H,5-7,14-18H2,1H3. The number of ether oxygens (including phenoxy) is 1. The summed E-state index contributed by atoms with van der Waals surface area (Å²) in [5, 5.41) is 9.64. The van der Waals surface area contributed by atoms with Gasteiger partial charge >= 0.3 is 6.09 Å². The molecule has 32 heavy (non-hydrogen) atoms. The first-order valence-electron chi connectivity index (χ1n) is 11.6. The monoisotopic (exact) mass is 434 g/mol. The van der Waals surface area contributed by atoms with E-state index in [1.165, 1.54) is 0 Å². The molecule has 0 aromatic heterocycles. The van der Waals surface area contributed by atoms with Gasteiger partial charge in [-0.25, -0.2) is 4.79 Å². The summed E-state index contributed by atoms with van der Waals surface area (Å²) in [5.74, 6) is 0.642. The molecule has 168 valence electrons. The number of phenols is 1. The molecule has 1 unspecified atom stereocenters. The lowest BCUT2D eigenvalue weighted by Gasteiger charge is -2.49. The Labute approximate surface area is 188 Å². The minimum Gasteiger partial charge on any atom is -0.508 e. The number of nitrogens with zero attached hydrogens (tertiary/aromatic N) is 2. The molecule has 1 atom stereocenters. The first kappa shape index (κ1) is 20.9. The van der Waals surface area contributed by atoms with Crippen molar-refractivity contribution in [2.45, 2.75) is 56.7 Å². The van der Waals surface area contributed by atoms with Crippen LogP contribution in [0.5, 0.6) is 5.75 Å². The number of hydrogen-bond donors (Lipinski definition) is 1. The van der Waals surface area contributed by atoms with Gasteiger partial charge in [0.1, 0.15) is 16.9 Å². The molecular formula is C26H30N2O4. The quantitative estimate of drug-likeness (QED) is 0.773. The fourth-order valence-electron chi connectivity index (χ4n) is 5.53. The molecule has 0 radical (unpaired) electrons. The van der Waals surface area contributed by atoms with Crippen LogP contribution in [0.25, 0.3) is 0 Å². The maximum Gasteiger partial charge on any atom is 0.411 e. The van der Waals surface area contributed by atoms with Gasteiger partial charge in [0, 0.05) is 31.8 Å². The summed E-state index contributed by atoms with van der Waals surface area (Å²) in [6.45, 7) is 3.70. The molecule has 2 aromatic carbocycles. The van der Waals surface area contributed by atoms with Crippen LogP contribution in [0, 0.1) is 5.92 Å². The van der Waals surface area contributed by atoms with Gasteiger partial charge in [0.15, 0.2) is 0 Å². The molecule has 2 heterocycles. The highest BCUT2D eigenvalue weighted by atomic mass is 16.6. The zero-order valence-electron chi connectivity index (χ0n) is 18.5. The van der Waals surface area contributed by atoms with Crippen LogP contribution in [0.1, 0.15) is 50.2 Å². The Morgan fingerprint density at radius 2 is 1.72 bits per heavy atom. The van der Waals surface area contributed by atoms with Gasteiger partial charge in [-0.2, -0.15) is 0 Å². The Morgan fingerprint density at radius 3 is 2.31 bits per heavy atom. The van der Waals surface area contributed by atoms with E-state index in [0.717, 1.165) is 30.4 Å². The first-order chi connectivity index (χ1) is 15.4. The molecule has 3 fully saturated rings. The molecular weight excluding hydrogens is 404 g/mol. The average Bonchev–Trinajstić information content (AvgIpc) is 2.97. The van der Waals surface area contributed by atoms with E-state index >= 15 is 0 Å². The third-order valence-electron chi connectivity index (χ3n) is 7.88. The largest absolute Gasteiger partial charge is 0.508 e. The number of rotatable bonds is 4. The maximum atomic E-state index is 13.3. The highest BCUT2D eigenvalue weighted by Gasteiger charge is 2.63. The number of piperidine rings is 1. The lowest BCUT2D eigenvalue weighted by Crippen LogP contribution is -2.59. The number of hydrogen-bond acceptors (Lipinski definition) is 4. The van der Waals surface area contributed by atoms with Crippen LogP contribution in [-0.2, 0) is 21.6 Å². The van der Waals surface area contributed by atoms with Crippen molar-refractivity contribution in [3.63, 3.8) is 0 Å². The first-order valence-corrected chi connectivity index (χ1v) is 11.6. The average molecular weight is 435 g/mol. The van der Waals surface area contributed by atoms with E-state index in [2.05, 4.69) is 19.1 Å². The smallest absolute Gasteiger partial charge is 0.411 e. The fourth-order valence-corrected chi connectivity index (χ4v) is 5.53. The summed E-state index contributed by atoms with van der Waals surface area (Å²) in [4.78, 5) is 29.8. The van der Waals surface area contributed by atoms with E-state index < -0.39 is 11.1 Å². The van der Waals surface area contributed by atoms with Crippen molar-refractivity contribution in [3.05, 3.63) is 65.7 Å². The van der Waals surface area contributed by atoms with Gasteiger partial charge in [0.2, 0.25) is 5.91 Å². The summed E-state index contributed by atoms with van der Waals surface area (Å²) < 4.78 is 6.20. The third kappa shape index (κ3) is 3.24. The van der Waals surface area contributed by atoms with Crippen molar-refractivity contribution in [3.8, 4) is 5.75 Å². The number of benzene rings is 2. The summed E-state index contributed by atoms with van der Waals surface area (Å²) >= 11 is 0. The van der Waals surface area contributed by atoms with Gasteiger partial charge in [0.25, 0.3) is 0 Å². The SMILES string of the molecule is CC1(c2ccccc2)N(Cc2ccc(O)cc2)C(=O)OC12CCN(C(=O)C1CCC1)CC2. The summed E-state index contributed by atoms with van der Waals surface area (Å²) in [6.07, 6.45) is 4.05. The zero-order valence-corrected chi connectivity index (χ0v) is 18.5. The number of likely N-dealkylation sites (tertiary alicyclic amines) is 1. The van der Waals surface area contributed by atoms with E-state index in [1.807, 2.05) is 40.1 Å². The van der Waals surface area contributed by atoms with Gasteiger partial charge in [-0.3, -0.25) is 9.69 Å². The van der Waals surface area contributed by atoms with Crippen LogP contribution in [0.4, 0.5) is 4.79 Å². The number of carbonyl (C=O) groups is 2. The van der Waals surface area contributed by atoms with Crippen LogP contribution in [0.15, 0.2) is 54.6 Å². The van der Waals surface area contributed by atoms with Crippen LogP contribution in [-0.4, -0.2) is 45.6 Å². The summed E-state index contributed by atoms with van der Waals surface area (Å²) in [7, 11) is 0. The van der Waals surface area contributed by atoms with E-state index in [4.69, 9.17) is 4.74 Å². The number of carbonyl (C=O) groups excluding carboxylic acids is 2. The second kappa shape index (κ2) is 7.84. The van der Waals surface area contributed by atoms with Crippen molar-refractivity contribution in [2.75, 3.05) is 13.1 Å². The van der Waals surface area contributed by atoms with E-state index in [1.54, 1.807) is 12.1 Å². The van der Waals surface area contributed by atoms with Crippen LogP contribution in [0.2, 0.25) is 0 Å².